The first-order valence-electron chi connectivity index (χ1n) is 9.15. The van der Waals surface area contributed by atoms with Gasteiger partial charge in [-0.25, -0.2) is 10.5 Å². The molecule has 2 N–H and O–H groups in total. The van der Waals surface area contributed by atoms with Crippen molar-refractivity contribution in [3.63, 3.8) is 0 Å². The lowest BCUT2D eigenvalue weighted by atomic mass is 9.96. The smallest absolute Gasteiger partial charge is 0.386 e. The van der Waals surface area contributed by atoms with Crippen molar-refractivity contribution < 1.29 is 22.8 Å². The van der Waals surface area contributed by atoms with E-state index in [1.54, 1.807) is 12.1 Å². The van der Waals surface area contributed by atoms with Gasteiger partial charge in [-0.2, -0.15) is 13.2 Å². The lowest BCUT2D eigenvalue weighted by Gasteiger charge is -2.24. The molecule has 1 atom stereocenters. The Morgan fingerprint density at radius 1 is 1.10 bits per heavy atom. The number of hydrogen-bond acceptors (Lipinski definition) is 5. The summed E-state index contributed by atoms with van der Waals surface area (Å²) in [5.74, 6) is -0.0499. The zero-order chi connectivity index (χ0) is 21.7. The molecule has 0 radical (unpaired) electrons. The highest BCUT2D eigenvalue weighted by Gasteiger charge is 2.29. The van der Waals surface area contributed by atoms with Gasteiger partial charge in [-0.15, -0.1) is 0 Å². The standard InChI is InChI=1S/C21H20F3N3O2S/c1-13(2)18(14-8-10-16(11-9-14)30-21(22,23)24)26-20(28)17-12-29-27-19(25-17)15-6-4-3-5-7-15/h3-13,18H,1-2H3,(H,25,27)(H,26,28)/t18-/m1/s1. The van der Waals surface area contributed by atoms with E-state index in [-0.39, 0.29) is 28.3 Å². The van der Waals surface area contributed by atoms with E-state index < -0.39 is 17.5 Å². The van der Waals surface area contributed by atoms with Crippen LogP contribution in [0, 0.1) is 5.92 Å². The van der Waals surface area contributed by atoms with Gasteiger partial charge in [-0.1, -0.05) is 56.3 Å². The van der Waals surface area contributed by atoms with Crippen LogP contribution in [-0.4, -0.2) is 17.3 Å². The SMILES string of the molecule is CC(C)[C@@H](NC(=O)C1=CONC(c2ccccc2)=N1)c1ccc(SC(F)(F)F)cc1. The molecule has 158 valence electrons. The quantitative estimate of drug-likeness (QED) is 0.632. The number of alkyl halides is 3. The second-order valence-corrected chi connectivity index (χ2v) is 8.00. The molecule has 0 saturated heterocycles. The molecule has 30 heavy (non-hydrogen) atoms. The normalized spacial score (nSPS) is 14.9. The minimum absolute atomic E-state index is 0.00382. The van der Waals surface area contributed by atoms with Gasteiger partial charge < -0.3 is 10.2 Å². The summed E-state index contributed by atoms with van der Waals surface area (Å²) < 4.78 is 37.6. The molecule has 2 aromatic rings. The van der Waals surface area contributed by atoms with Gasteiger partial charge in [-0.05, 0) is 35.4 Å². The Kier molecular flexibility index (Phi) is 6.71. The van der Waals surface area contributed by atoms with Gasteiger partial charge in [0.25, 0.3) is 5.91 Å². The van der Waals surface area contributed by atoms with Crippen molar-refractivity contribution in [3.05, 3.63) is 77.7 Å². The molecule has 0 bridgehead atoms. The van der Waals surface area contributed by atoms with Crippen LogP contribution >= 0.6 is 11.8 Å². The summed E-state index contributed by atoms with van der Waals surface area (Å²) in [4.78, 5) is 22.3. The van der Waals surface area contributed by atoms with E-state index in [0.29, 0.717) is 11.4 Å². The predicted molar refractivity (Wildman–Crippen MR) is 109 cm³/mol. The number of amidine groups is 1. The maximum absolute atomic E-state index is 12.8. The number of carbonyl (C=O) groups is 1. The van der Waals surface area contributed by atoms with Gasteiger partial charge in [0, 0.05) is 10.5 Å². The third-order valence-corrected chi connectivity index (χ3v) is 5.00. The Balaban J connectivity index is 1.74. The van der Waals surface area contributed by atoms with Crippen molar-refractivity contribution in [1.82, 2.24) is 10.8 Å². The molecule has 0 unspecified atom stereocenters. The number of hydrogen-bond donors (Lipinski definition) is 2. The molecule has 3 rings (SSSR count). The van der Waals surface area contributed by atoms with Crippen molar-refractivity contribution in [2.24, 2.45) is 10.9 Å². The van der Waals surface area contributed by atoms with Gasteiger partial charge in [0.15, 0.2) is 17.8 Å². The Labute approximate surface area is 176 Å². The Morgan fingerprint density at radius 3 is 2.37 bits per heavy atom. The highest BCUT2D eigenvalue weighted by Crippen LogP contribution is 2.37. The Morgan fingerprint density at radius 2 is 1.77 bits per heavy atom. The molecule has 0 fully saturated rings. The number of benzene rings is 2. The number of carbonyl (C=O) groups excluding carboxylic acids is 1. The van der Waals surface area contributed by atoms with Crippen LogP contribution in [0.15, 0.2) is 76.4 Å². The first-order chi connectivity index (χ1) is 14.2. The zero-order valence-electron chi connectivity index (χ0n) is 16.2. The van der Waals surface area contributed by atoms with E-state index in [1.165, 1.54) is 18.4 Å². The number of aliphatic imine (C=N–C) groups is 1. The molecule has 0 spiro atoms. The summed E-state index contributed by atoms with van der Waals surface area (Å²) in [5.41, 5.74) is -0.146. The number of thioether (sulfide) groups is 1. The first kappa shape index (κ1) is 21.8. The van der Waals surface area contributed by atoms with Crippen molar-refractivity contribution in [1.29, 1.82) is 0 Å². The van der Waals surface area contributed by atoms with Gasteiger partial charge in [0.1, 0.15) is 0 Å². The maximum Gasteiger partial charge on any atom is 0.446 e. The third-order valence-electron chi connectivity index (χ3n) is 4.26. The van der Waals surface area contributed by atoms with Crippen LogP contribution in [0.5, 0.6) is 0 Å². The molecule has 9 heteroatoms. The first-order valence-corrected chi connectivity index (χ1v) is 9.97. The van der Waals surface area contributed by atoms with Gasteiger partial charge >= 0.3 is 5.51 Å². The van der Waals surface area contributed by atoms with E-state index in [2.05, 4.69) is 15.8 Å². The minimum atomic E-state index is -4.34. The summed E-state index contributed by atoms with van der Waals surface area (Å²) in [6, 6.07) is 14.8. The van der Waals surface area contributed by atoms with E-state index in [1.807, 2.05) is 44.2 Å². The van der Waals surface area contributed by atoms with Crippen LogP contribution in [0.25, 0.3) is 0 Å². The number of rotatable bonds is 6. The molecule has 1 aliphatic rings. The van der Waals surface area contributed by atoms with E-state index in [4.69, 9.17) is 4.84 Å². The topological polar surface area (TPSA) is 62.7 Å². The molecular weight excluding hydrogens is 415 g/mol. The van der Waals surface area contributed by atoms with Gasteiger partial charge in [0.05, 0.1) is 6.04 Å². The molecule has 5 nitrogen and oxygen atoms in total. The average molecular weight is 435 g/mol. The fourth-order valence-corrected chi connectivity index (χ4v) is 3.40. The second-order valence-electron chi connectivity index (χ2n) is 6.86. The van der Waals surface area contributed by atoms with E-state index in [0.717, 1.165) is 5.56 Å². The molecule has 2 aromatic carbocycles. The van der Waals surface area contributed by atoms with Crippen LogP contribution in [0.2, 0.25) is 0 Å². The predicted octanol–water partition coefficient (Wildman–Crippen LogP) is 4.93. The minimum Gasteiger partial charge on any atom is -0.386 e. The van der Waals surface area contributed by atoms with Gasteiger partial charge in [0.2, 0.25) is 0 Å². The molecule has 0 aromatic heterocycles. The number of halogens is 3. The Hall–Kier alpha value is -2.94. The Bertz CT molecular complexity index is 942. The number of amides is 1. The molecular formula is C21H20F3N3O2S. The summed E-state index contributed by atoms with van der Waals surface area (Å²) in [5, 5.41) is 2.89. The lowest BCUT2D eigenvalue weighted by Crippen LogP contribution is -2.35. The summed E-state index contributed by atoms with van der Waals surface area (Å²) in [6.07, 6.45) is 1.21. The van der Waals surface area contributed by atoms with Crippen molar-refractivity contribution in [2.45, 2.75) is 30.3 Å². The molecule has 1 heterocycles. The highest BCUT2D eigenvalue weighted by molar-refractivity contribution is 8.00. The number of nitrogens with zero attached hydrogens (tertiary/aromatic N) is 1. The van der Waals surface area contributed by atoms with E-state index >= 15 is 0 Å². The maximum atomic E-state index is 12.8. The van der Waals surface area contributed by atoms with Crippen LogP contribution in [-0.2, 0) is 9.63 Å². The fourth-order valence-electron chi connectivity index (χ4n) is 2.86. The average Bonchev–Trinajstić information content (AvgIpc) is 2.72. The second kappa shape index (κ2) is 9.25. The van der Waals surface area contributed by atoms with Crippen LogP contribution in [0.1, 0.15) is 31.0 Å². The van der Waals surface area contributed by atoms with Crippen molar-refractivity contribution in [3.8, 4) is 0 Å². The lowest BCUT2D eigenvalue weighted by molar-refractivity contribution is -0.118. The monoisotopic (exact) mass is 435 g/mol. The number of nitrogens with one attached hydrogen (secondary N) is 2. The number of hydroxylamine groups is 1. The van der Waals surface area contributed by atoms with Crippen molar-refractivity contribution >= 4 is 23.5 Å². The summed E-state index contributed by atoms with van der Waals surface area (Å²) >= 11 is -0.173. The zero-order valence-corrected chi connectivity index (χ0v) is 17.1. The van der Waals surface area contributed by atoms with Crippen LogP contribution in [0.3, 0.4) is 0 Å². The molecule has 0 aliphatic carbocycles. The molecule has 1 aliphatic heterocycles. The molecule has 0 saturated carbocycles. The highest BCUT2D eigenvalue weighted by atomic mass is 32.2. The van der Waals surface area contributed by atoms with Crippen LogP contribution < -0.4 is 10.8 Å². The van der Waals surface area contributed by atoms with Crippen molar-refractivity contribution in [2.75, 3.05) is 0 Å². The van der Waals surface area contributed by atoms with Crippen LogP contribution in [0.4, 0.5) is 13.2 Å². The largest absolute Gasteiger partial charge is 0.446 e. The van der Waals surface area contributed by atoms with Gasteiger partial charge in [-0.3, -0.25) is 4.79 Å². The fraction of sp³-hybridized carbons (Fsp3) is 0.238. The molecule has 1 amide bonds. The van der Waals surface area contributed by atoms with E-state index in [9.17, 15) is 18.0 Å². The summed E-state index contributed by atoms with van der Waals surface area (Å²) in [6.45, 7) is 3.82. The third kappa shape index (κ3) is 5.79. The summed E-state index contributed by atoms with van der Waals surface area (Å²) in [7, 11) is 0.